The number of halogens is 6. The summed E-state index contributed by atoms with van der Waals surface area (Å²) in [6, 6.07) is 1.42. The van der Waals surface area contributed by atoms with Gasteiger partial charge in [-0.1, -0.05) is 34.8 Å². The SMILES string of the molecule is C[C@@H](OC(=O)c1nc(Cl)c(Cl)c(N)c1Cl)C(=O)Nc1ccc(F)c(F)c1F. The Kier molecular flexibility index (Phi) is 6.40. The number of hydrogen-bond acceptors (Lipinski definition) is 5. The van der Waals surface area contributed by atoms with E-state index in [1.165, 1.54) is 0 Å². The number of anilines is 2. The molecule has 1 heterocycles. The highest BCUT2D eigenvalue weighted by molar-refractivity contribution is 6.46. The third-order valence-electron chi connectivity index (χ3n) is 3.21. The molecule has 1 atom stereocenters. The van der Waals surface area contributed by atoms with Crippen LogP contribution in [0.4, 0.5) is 24.5 Å². The molecular weight excluding hydrogens is 434 g/mol. The van der Waals surface area contributed by atoms with Crippen molar-refractivity contribution in [3.63, 3.8) is 0 Å². The van der Waals surface area contributed by atoms with Gasteiger partial charge in [-0.2, -0.15) is 0 Å². The van der Waals surface area contributed by atoms with Gasteiger partial charge in [0, 0.05) is 0 Å². The van der Waals surface area contributed by atoms with Gasteiger partial charge in [-0.05, 0) is 19.1 Å². The fraction of sp³-hybridized carbons (Fsp3) is 0.133. The number of carbonyl (C=O) groups excluding carboxylic acids is 2. The molecule has 0 aliphatic carbocycles. The molecule has 1 amide bonds. The second-order valence-electron chi connectivity index (χ2n) is 5.05. The Bertz CT molecular complexity index is 944. The third kappa shape index (κ3) is 4.37. The molecule has 12 heteroatoms. The monoisotopic (exact) mass is 441 g/mol. The van der Waals surface area contributed by atoms with E-state index < -0.39 is 46.8 Å². The standard InChI is InChI=1S/C15H9Cl3F3N3O3/c1-4(14(25)23-6-3-2-5(19)9(20)10(6)21)27-15(26)12-7(16)11(22)8(17)13(18)24-12/h2-4H,1H3,(H2,22,24)(H,23,25)/t4-/m1/s1. The summed E-state index contributed by atoms with van der Waals surface area (Å²) in [5.41, 5.74) is 4.22. The maximum Gasteiger partial charge on any atom is 0.359 e. The van der Waals surface area contributed by atoms with Crippen molar-refractivity contribution in [2.45, 2.75) is 13.0 Å². The third-order valence-corrected chi connectivity index (χ3v) is 4.35. The van der Waals surface area contributed by atoms with Gasteiger partial charge in [0.15, 0.2) is 34.4 Å². The van der Waals surface area contributed by atoms with Gasteiger partial charge < -0.3 is 15.8 Å². The Morgan fingerprint density at radius 1 is 1.15 bits per heavy atom. The molecule has 0 spiro atoms. The molecular formula is C15H9Cl3F3N3O3. The van der Waals surface area contributed by atoms with E-state index in [2.05, 4.69) is 4.98 Å². The second kappa shape index (κ2) is 8.20. The van der Waals surface area contributed by atoms with Crippen LogP contribution in [0.15, 0.2) is 12.1 Å². The van der Waals surface area contributed by atoms with Crippen LogP contribution in [0, 0.1) is 17.5 Å². The van der Waals surface area contributed by atoms with E-state index >= 15 is 0 Å². The number of nitrogens with two attached hydrogens (primary N) is 1. The Morgan fingerprint density at radius 3 is 2.41 bits per heavy atom. The molecule has 6 nitrogen and oxygen atoms in total. The highest BCUT2D eigenvalue weighted by Gasteiger charge is 2.26. The van der Waals surface area contributed by atoms with Crippen LogP contribution in [0.2, 0.25) is 15.2 Å². The summed E-state index contributed by atoms with van der Waals surface area (Å²) < 4.78 is 44.5. The summed E-state index contributed by atoms with van der Waals surface area (Å²) in [5.74, 6) is -7.00. The van der Waals surface area contributed by atoms with Crippen LogP contribution in [0.1, 0.15) is 17.4 Å². The molecule has 0 unspecified atom stereocenters. The molecule has 144 valence electrons. The fourth-order valence-corrected chi connectivity index (χ4v) is 2.38. The first-order chi connectivity index (χ1) is 12.5. The van der Waals surface area contributed by atoms with Crippen LogP contribution in [0.3, 0.4) is 0 Å². The van der Waals surface area contributed by atoms with Gasteiger partial charge in [-0.3, -0.25) is 4.79 Å². The van der Waals surface area contributed by atoms with Gasteiger partial charge in [0.2, 0.25) is 0 Å². The molecule has 27 heavy (non-hydrogen) atoms. The summed E-state index contributed by atoms with van der Waals surface area (Å²) in [4.78, 5) is 27.8. The van der Waals surface area contributed by atoms with Crippen LogP contribution in [-0.2, 0) is 9.53 Å². The van der Waals surface area contributed by atoms with Crippen molar-refractivity contribution in [3.8, 4) is 0 Å². The number of carbonyl (C=O) groups is 2. The van der Waals surface area contributed by atoms with E-state index in [9.17, 15) is 22.8 Å². The quantitative estimate of drug-likeness (QED) is 0.420. The lowest BCUT2D eigenvalue weighted by Crippen LogP contribution is -2.30. The normalized spacial score (nSPS) is 11.8. The number of pyridine rings is 1. The second-order valence-corrected chi connectivity index (χ2v) is 6.17. The lowest BCUT2D eigenvalue weighted by molar-refractivity contribution is -0.123. The minimum absolute atomic E-state index is 0.169. The van der Waals surface area contributed by atoms with Gasteiger partial charge >= 0.3 is 5.97 Å². The van der Waals surface area contributed by atoms with Gasteiger partial charge in [0.05, 0.1) is 16.4 Å². The van der Waals surface area contributed by atoms with Crippen molar-refractivity contribution in [2.24, 2.45) is 0 Å². The lowest BCUT2D eigenvalue weighted by Gasteiger charge is -2.15. The van der Waals surface area contributed by atoms with Gasteiger partial charge in [-0.25, -0.2) is 22.9 Å². The van der Waals surface area contributed by atoms with E-state index in [1.807, 2.05) is 5.32 Å². The van der Waals surface area contributed by atoms with Crippen LogP contribution in [0.25, 0.3) is 0 Å². The molecule has 0 saturated carbocycles. The maximum absolute atomic E-state index is 13.6. The number of ether oxygens (including phenoxy) is 1. The zero-order valence-corrected chi connectivity index (χ0v) is 15.5. The fourth-order valence-electron chi connectivity index (χ4n) is 1.79. The number of aromatic nitrogens is 1. The first-order valence-corrected chi connectivity index (χ1v) is 8.13. The van der Waals surface area contributed by atoms with Gasteiger partial charge in [0.25, 0.3) is 5.91 Å². The summed E-state index contributed by atoms with van der Waals surface area (Å²) in [5, 5.41) is 1.14. The number of esters is 1. The minimum Gasteiger partial charge on any atom is -0.448 e. The number of rotatable bonds is 4. The number of amides is 1. The Labute approximate surface area is 165 Å². The molecule has 0 bridgehead atoms. The maximum atomic E-state index is 13.6. The molecule has 0 radical (unpaired) electrons. The van der Waals surface area contributed by atoms with E-state index in [0.29, 0.717) is 6.07 Å². The predicted molar refractivity (Wildman–Crippen MR) is 93.5 cm³/mol. The topological polar surface area (TPSA) is 94.3 Å². The molecule has 0 saturated heterocycles. The number of benzene rings is 1. The molecule has 2 rings (SSSR count). The van der Waals surface area contributed by atoms with Crippen molar-refractivity contribution in [1.82, 2.24) is 4.98 Å². The van der Waals surface area contributed by atoms with E-state index in [1.54, 1.807) is 0 Å². The summed E-state index contributed by atoms with van der Waals surface area (Å²) in [6.07, 6.45) is -1.49. The molecule has 0 fully saturated rings. The summed E-state index contributed by atoms with van der Waals surface area (Å²) in [6.45, 7) is 1.14. The van der Waals surface area contributed by atoms with Crippen LogP contribution >= 0.6 is 34.8 Å². The van der Waals surface area contributed by atoms with Crippen molar-refractivity contribution in [1.29, 1.82) is 0 Å². The molecule has 1 aromatic carbocycles. The largest absolute Gasteiger partial charge is 0.448 e. The zero-order valence-electron chi connectivity index (χ0n) is 13.2. The summed E-state index contributed by atoms with van der Waals surface area (Å²) in [7, 11) is 0. The van der Waals surface area contributed by atoms with Crippen molar-refractivity contribution in [2.75, 3.05) is 11.1 Å². The van der Waals surface area contributed by atoms with Crippen molar-refractivity contribution < 1.29 is 27.5 Å². The van der Waals surface area contributed by atoms with Crippen molar-refractivity contribution in [3.05, 3.63) is 50.5 Å². The van der Waals surface area contributed by atoms with Crippen LogP contribution in [0.5, 0.6) is 0 Å². The minimum atomic E-state index is -1.76. The lowest BCUT2D eigenvalue weighted by atomic mass is 10.2. The summed E-state index contributed by atoms with van der Waals surface area (Å²) >= 11 is 17.3. The van der Waals surface area contributed by atoms with E-state index in [0.717, 1.165) is 13.0 Å². The number of nitrogens with one attached hydrogen (secondary N) is 1. The highest BCUT2D eigenvalue weighted by Crippen LogP contribution is 2.34. The Morgan fingerprint density at radius 2 is 1.78 bits per heavy atom. The number of nitrogens with zero attached hydrogens (tertiary/aromatic N) is 1. The van der Waals surface area contributed by atoms with E-state index in [4.69, 9.17) is 45.3 Å². The van der Waals surface area contributed by atoms with Crippen LogP contribution in [-0.4, -0.2) is 23.0 Å². The molecule has 3 N–H and O–H groups in total. The molecule has 2 aromatic rings. The molecule has 1 aromatic heterocycles. The Hall–Kier alpha value is -2.23. The van der Waals surface area contributed by atoms with Crippen LogP contribution < -0.4 is 11.1 Å². The average Bonchev–Trinajstić information content (AvgIpc) is 2.63. The number of hydrogen-bond donors (Lipinski definition) is 2. The number of nitrogen functional groups attached to an aromatic ring is 1. The van der Waals surface area contributed by atoms with Gasteiger partial charge in [0.1, 0.15) is 5.02 Å². The first-order valence-electron chi connectivity index (χ1n) is 6.99. The first kappa shape index (κ1) is 21.1. The van der Waals surface area contributed by atoms with Gasteiger partial charge in [-0.15, -0.1) is 0 Å². The average molecular weight is 443 g/mol. The molecule has 0 aliphatic heterocycles. The van der Waals surface area contributed by atoms with Crippen molar-refractivity contribution >= 4 is 58.1 Å². The predicted octanol–water partition coefficient (Wildman–Crippen LogP) is 4.23. The zero-order chi connectivity index (χ0) is 20.5. The highest BCUT2D eigenvalue weighted by atomic mass is 35.5. The smallest absolute Gasteiger partial charge is 0.359 e. The van der Waals surface area contributed by atoms with E-state index in [-0.39, 0.29) is 20.9 Å². The Balaban J connectivity index is 2.15. The molecule has 0 aliphatic rings.